The van der Waals surface area contributed by atoms with Gasteiger partial charge >= 0.3 is 11.9 Å². The van der Waals surface area contributed by atoms with E-state index < -0.39 is 17.4 Å². The molecule has 1 aliphatic rings. The molecule has 0 bridgehead atoms. The Hall–Kier alpha value is -1.10. The number of carbonyl (C=O) groups is 2. The Morgan fingerprint density at radius 3 is 2.62 bits per heavy atom. The number of carboxylic acids is 1. The molecule has 5 heteroatoms. The van der Waals surface area contributed by atoms with E-state index in [2.05, 4.69) is 10.1 Å². The first-order chi connectivity index (χ1) is 5.99. The Kier molecular flexibility index (Phi) is 2.56. The van der Waals surface area contributed by atoms with Crippen molar-refractivity contribution >= 4 is 11.9 Å². The van der Waals surface area contributed by atoms with E-state index in [9.17, 15) is 9.59 Å². The number of nitrogens with one attached hydrogen (secondary N) is 1. The van der Waals surface area contributed by atoms with Crippen LogP contribution in [0.3, 0.4) is 0 Å². The van der Waals surface area contributed by atoms with Crippen LogP contribution in [0.4, 0.5) is 0 Å². The lowest BCUT2D eigenvalue weighted by Crippen LogP contribution is -2.31. The molecule has 0 aromatic heterocycles. The lowest BCUT2D eigenvalue weighted by atomic mass is 9.88. The number of esters is 1. The van der Waals surface area contributed by atoms with Gasteiger partial charge in [-0.25, -0.2) is 0 Å². The number of hydrogen-bond acceptors (Lipinski definition) is 4. The van der Waals surface area contributed by atoms with Crippen molar-refractivity contribution in [1.82, 2.24) is 5.32 Å². The Bertz CT molecular complexity index is 240. The number of ether oxygens (including phenoxy) is 1. The second-order valence-electron chi connectivity index (χ2n) is 3.53. The van der Waals surface area contributed by atoms with Crippen molar-refractivity contribution in [3.05, 3.63) is 0 Å². The molecule has 1 unspecified atom stereocenters. The molecule has 0 amide bonds. The highest BCUT2D eigenvalue weighted by Gasteiger charge is 2.44. The zero-order chi connectivity index (χ0) is 10.1. The van der Waals surface area contributed by atoms with Gasteiger partial charge in [0.1, 0.15) is 6.04 Å². The first-order valence-electron chi connectivity index (χ1n) is 4.04. The second-order valence-corrected chi connectivity index (χ2v) is 3.53. The maximum atomic E-state index is 11.2. The Balaban J connectivity index is 2.66. The van der Waals surface area contributed by atoms with Crippen LogP contribution in [-0.2, 0) is 14.3 Å². The molecule has 0 aromatic carbocycles. The van der Waals surface area contributed by atoms with E-state index in [-0.39, 0.29) is 12.4 Å². The van der Waals surface area contributed by atoms with Gasteiger partial charge in [0.05, 0.1) is 12.5 Å². The highest BCUT2D eigenvalue weighted by molar-refractivity contribution is 5.81. The molecule has 0 radical (unpaired) electrons. The first-order valence-corrected chi connectivity index (χ1v) is 4.04. The van der Waals surface area contributed by atoms with Gasteiger partial charge in [0.25, 0.3) is 0 Å². The van der Waals surface area contributed by atoms with Crippen molar-refractivity contribution in [2.75, 3.05) is 13.7 Å². The minimum absolute atomic E-state index is 0.287. The molecular weight excluding hydrogens is 174 g/mol. The second kappa shape index (κ2) is 3.33. The van der Waals surface area contributed by atoms with Gasteiger partial charge in [0.15, 0.2) is 0 Å². The molecule has 0 aliphatic carbocycles. The minimum Gasteiger partial charge on any atom is -0.480 e. The number of carboxylic acid groups (broad SMARTS) is 1. The van der Waals surface area contributed by atoms with E-state index in [1.807, 2.05) is 0 Å². The fourth-order valence-corrected chi connectivity index (χ4v) is 1.52. The van der Waals surface area contributed by atoms with Crippen molar-refractivity contribution in [3.63, 3.8) is 0 Å². The number of hydrogen-bond donors (Lipinski definition) is 2. The molecule has 1 aliphatic heterocycles. The SMILES string of the molecule is COC(=O)C1(C)CN[C@H](C(=O)O)C1. The van der Waals surface area contributed by atoms with Crippen LogP contribution in [0.15, 0.2) is 0 Å². The standard InChI is InChI=1S/C8H13NO4/c1-8(7(12)13-2)3-5(6(10)11)9-4-8/h5,9H,3-4H2,1-2H3,(H,10,11)/t5-,8?/m0/s1. The molecule has 0 spiro atoms. The summed E-state index contributed by atoms with van der Waals surface area (Å²) in [4.78, 5) is 21.8. The van der Waals surface area contributed by atoms with Crippen LogP contribution in [0, 0.1) is 5.41 Å². The highest BCUT2D eigenvalue weighted by Crippen LogP contribution is 2.29. The van der Waals surface area contributed by atoms with Crippen molar-refractivity contribution in [3.8, 4) is 0 Å². The summed E-state index contributed by atoms with van der Waals surface area (Å²) < 4.78 is 4.59. The van der Waals surface area contributed by atoms with Crippen LogP contribution >= 0.6 is 0 Å². The van der Waals surface area contributed by atoms with Crippen LogP contribution in [0.1, 0.15) is 13.3 Å². The molecule has 0 saturated carbocycles. The van der Waals surface area contributed by atoms with E-state index in [0.717, 1.165) is 0 Å². The fraction of sp³-hybridized carbons (Fsp3) is 0.750. The van der Waals surface area contributed by atoms with Crippen molar-refractivity contribution in [2.45, 2.75) is 19.4 Å². The van der Waals surface area contributed by atoms with Gasteiger partial charge in [-0.15, -0.1) is 0 Å². The first kappa shape index (κ1) is 9.98. The average molecular weight is 187 g/mol. The zero-order valence-electron chi connectivity index (χ0n) is 7.66. The molecule has 1 heterocycles. The predicted octanol–water partition coefficient (Wildman–Crippen LogP) is -0.388. The summed E-state index contributed by atoms with van der Waals surface area (Å²) in [6.07, 6.45) is 0.287. The predicted molar refractivity (Wildman–Crippen MR) is 44.2 cm³/mol. The van der Waals surface area contributed by atoms with E-state index in [0.29, 0.717) is 6.54 Å². The van der Waals surface area contributed by atoms with E-state index in [1.54, 1.807) is 6.92 Å². The van der Waals surface area contributed by atoms with Gasteiger partial charge in [-0.1, -0.05) is 0 Å². The van der Waals surface area contributed by atoms with Crippen LogP contribution in [0.5, 0.6) is 0 Å². The van der Waals surface area contributed by atoms with E-state index in [4.69, 9.17) is 5.11 Å². The van der Waals surface area contributed by atoms with Crippen LogP contribution < -0.4 is 5.32 Å². The monoisotopic (exact) mass is 187 g/mol. The van der Waals surface area contributed by atoms with Crippen molar-refractivity contribution in [2.24, 2.45) is 5.41 Å². The highest BCUT2D eigenvalue weighted by atomic mass is 16.5. The summed E-state index contributed by atoms with van der Waals surface area (Å²) in [5.41, 5.74) is -0.697. The topological polar surface area (TPSA) is 75.6 Å². The van der Waals surface area contributed by atoms with Gasteiger partial charge in [-0.2, -0.15) is 0 Å². The number of rotatable bonds is 2. The third kappa shape index (κ3) is 1.80. The number of methoxy groups -OCH3 is 1. The van der Waals surface area contributed by atoms with E-state index in [1.165, 1.54) is 7.11 Å². The Labute approximate surface area is 76.1 Å². The lowest BCUT2D eigenvalue weighted by molar-refractivity contribution is -0.150. The zero-order valence-corrected chi connectivity index (χ0v) is 7.66. The molecule has 1 rings (SSSR count). The molecule has 13 heavy (non-hydrogen) atoms. The molecular formula is C8H13NO4. The Morgan fingerprint density at radius 2 is 2.23 bits per heavy atom. The number of carbonyl (C=O) groups excluding carboxylic acids is 1. The third-order valence-electron chi connectivity index (χ3n) is 2.37. The molecule has 2 N–H and O–H groups in total. The summed E-state index contributed by atoms with van der Waals surface area (Å²) in [5.74, 6) is -1.28. The van der Waals surface area contributed by atoms with E-state index >= 15 is 0 Å². The quantitative estimate of drug-likeness (QED) is 0.576. The lowest BCUT2D eigenvalue weighted by Gasteiger charge is -2.18. The number of aliphatic carboxylic acids is 1. The smallest absolute Gasteiger partial charge is 0.320 e. The Morgan fingerprint density at radius 1 is 1.62 bits per heavy atom. The summed E-state index contributed by atoms with van der Waals surface area (Å²) >= 11 is 0. The maximum absolute atomic E-state index is 11.2. The normalized spacial score (nSPS) is 32.9. The summed E-state index contributed by atoms with van der Waals surface area (Å²) in [7, 11) is 1.31. The molecule has 5 nitrogen and oxygen atoms in total. The van der Waals surface area contributed by atoms with Crippen LogP contribution in [0.2, 0.25) is 0 Å². The average Bonchev–Trinajstić information content (AvgIpc) is 2.48. The summed E-state index contributed by atoms with van der Waals surface area (Å²) in [5, 5.41) is 11.4. The molecule has 0 aromatic rings. The van der Waals surface area contributed by atoms with Gasteiger partial charge in [-0.05, 0) is 13.3 Å². The molecule has 2 atom stereocenters. The van der Waals surface area contributed by atoms with Crippen molar-refractivity contribution in [1.29, 1.82) is 0 Å². The fourth-order valence-electron chi connectivity index (χ4n) is 1.52. The van der Waals surface area contributed by atoms with Gasteiger partial charge < -0.3 is 15.2 Å². The van der Waals surface area contributed by atoms with Crippen LogP contribution in [0.25, 0.3) is 0 Å². The van der Waals surface area contributed by atoms with Gasteiger partial charge in [0, 0.05) is 6.54 Å². The van der Waals surface area contributed by atoms with Gasteiger partial charge in [0.2, 0.25) is 0 Å². The summed E-state index contributed by atoms with van der Waals surface area (Å²) in [6.45, 7) is 2.06. The summed E-state index contributed by atoms with van der Waals surface area (Å²) in [6, 6.07) is -0.635. The molecule has 74 valence electrons. The maximum Gasteiger partial charge on any atom is 0.320 e. The van der Waals surface area contributed by atoms with Crippen LogP contribution in [-0.4, -0.2) is 36.7 Å². The molecule has 1 fully saturated rings. The largest absolute Gasteiger partial charge is 0.480 e. The molecule has 1 saturated heterocycles. The minimum atomic E-state index is -0.923. The van der Waals surface area contributed by atoms with Gasteiger partial charge in [-0.3, -0.25) is 9.59 Å². The third-order valence-corrected chi connectivity index (χ3v) is 2.37. The van der Waals surface area contributed by atoms with Crippen molar-refractivity contribution < 1.29 is 19.4 Å².